The van der Waals surface area contributed by atoms with E-state index < -0.39 is 11.4 Å². The normalized spacial score (nSPS) is 31.5. The standard InChI is InChI=1S/C21H32N4O3/c1-6-27-21(5)23-17-8-7-11-22-18(17)25(21)16-12-14-9-10-15(13-16)24(14)19(26)28-20(2,3)4/h7-8,11,14-16,23H,6,9-10,12-13H2,1-5H3/t14-,15+,16+,21?. The molecule has 1 aromatic heterocycles. The second-order valence-corrected chi connectivity index (χ2v) is 9.18. The van der Waals surface area contributed by atoms with Gasteiger partial charge in [0.2, 0.25) is 5.85 Å². The lowest BCUT2D eigenvalue weighted by Crippen LogP contribution is -2.60. The van der Waals surface area contributed by atoms with E-state index in [0.717, 1.165) is 37.2 Å². The molecule has 0 radical (unpaired) electrons. The van der Waals surface area contributed by atoms with Crippen LogP contribution in [0.2, 0.25) is 0 Å². The molecule has 3 aliphatic heterocycles. The Morgan fingerprint density at radius 2 is 1.96 bits per heavy atom. The number of rotatable bonds is 3. The number of anilines is 2. The molecular weight excluding hydrogens is 356 g/mol. The molecule has 2 saturated heterocycles. The van der Waals surface area contributed by atoms with Gasteiger partial charge in [0, 0.05) is 37.9 Å². The van der Waals surface area contributed by atoms with E-state index in [1.54, 1.807) is 0 Å². The largest absolute Gasteiger partial charge is 0.444 e. The van der Waals surface area contributed by atoms with Crippen molar-refractivity contribution in [3.63, 3.8) is 0 Å². The van der Waals surface area contributed by atoms with E-state index in [2.05, 4.69) is 22.1 Å². The van der Waals surface area contributed by atoms with Crippen molar-refractivity contribution >= 4 is 17.6 Å². The van der Waals surface area contributed by atoms with E-state index in [1.165, 1.54) is 0 Å². The summed E-state index contributed by atoms with van der Waals surface area (Å²) >= 11 is 0. The fourth-order valence-corrected chi connectivity index (χ4v) is 5.08. The van der Waals surface area contributed by atoms with Crippen LogP contribution in [0.15, 0.2) is 18.3 Å². The number of amides is 1. The van der Waals surface area contributed by atoms with Crippen molar-refractivity contribution in [3.05, 3.63) is 18.3 Å². The van der Waals surface area contributed by atoms with Crippen molar-refractivity contribution in [2.45, 2.75) is 89.9 Å². The molecule has 3 aliphatic rings. The van der Waals surface area contributed by atoms with E-state index in [9.17, 15) is 4.79 Å². The summed E-state index contributed by atoms with van der Waals surface area (Å²) in [5, 5.41) is 3.51. The number of nitrogens with one attached hydrogen (secondary N) is 1. The number of fused-ring (bicyclic) bond motifs is 3. The Morgan fingerprint density at radius 3 is 2.57 bits per heavy atom. The number of pyridine rings is 1. The molecule has 1 N–H and O–H groups in total. The van der Waals surface area contributed by atoms with Crippen molar-refractivity contribution < 1.29 is 14.3 Å². The number of nitrogens with zero attached hydrogens (tertiary/aromatic N) is 3. The van der Waals surface area contributed by atoms with Crippen LogP contribution in [-0.2, 0) is 9.47 Å². The summed E-state index contributed by atoms with van der Waals surface area (Å²) in [7, 11) is 0. The summed E-state index contributed by atoms with van der Waals surface area (Å²) in [5.41, 5.74) is 0.531. The molecule has 7 nitrogen and oxygen atoms in total. The molecular formula is C21H32N4O3. The molecule has 4 atom stereocenters. The van der Waals surface area contributed by atoms with E-state index in [1.807, 2.05) is 50.9 Å². The van der Waals surface area contributed by atoms with Crippen LogP contribution in [0.1, 0.15) is 60.3 Å². The zero-order valence-electron chi connectivity index (χ0n) is 17.6. The van der Waals surface area contributed by atoms with Gasteiger partial charge in [-0.05, 0) is 65.5 Å². The van der Waals surface area contributed by atoms with Crippen LogP contribution in [0.3, 0.4) is 0 Å². The molecule has 0 spiro atoms. The number of carbonyl (C=O) groups excluding carboxylic acids is 1. The number of hydrogen-bond donors (Lipinski definition) is 1. The van der Waals surface area contributed by atoms with Crippen LogP contribution >= 0.6 is 0 Å². The highest BCUT2D eigenvalue weighted by Crippen LogP contribution is 2.46. The van der Waals surface area contributed by atoms with Gasteiger partial charge in [-0.15, -0.1) is 0 Å². The molecule has 0 saturated carbocycles. The van der Waals surface area contributed by atoms with Gasteiger partial charge in [0.25, 0.3) is 0 Å². The van der Waals surface area contributed by atoms with Gasteiger partial charge in [0.1, 0.15) is 5.60 Å². The van der Waals surface area contributed by atoms with E-state index >= 15 is 0 Å². The van der Waals surface area contributed by atoms with Crippen LogP contribution in [0.4, 0.5) is 16.3 Å². The third-order valence-electron chi connectivity index (χ3n) is 5.94. The van der Waals surface area contributed by atoms with E-state index in [-0.39, 0.29) is 24.2 Å². The van der Waals surface area contributed by atoms with Crippen molar-refractivity contribution in [2.75, 3.05) is 16.8 Å². The zero-order valence-corrected chi connectivity index (χ0v) is 17.6. The topological polar surface area (TPSA) is 66.9 Å². The highest BCUT2D eigenvalue weighted by molar-refractivity contribution is 5.74. The lowest BCUT2D eigenvalue weighted by Gasteiger charge is -2.47. The summed E-state index contributed by atoms with van der Waals surface area (Å²) in [5.74, 6) is 0.317. The third-order valence-corrected chi connectivity index (χ3v) is 5.94. The van der Waals surface area contributed by atoms with Crippen molar-refractivity contribution in [2.24, 2.45) is 0 Å². The smallest absolute Gasteiger partial charge is 0.410 e. The summed E-state index contributed by atoms with van der Waals surface area (Å²) in [6, 6.07) is 4.66. The molecule has 1 unspecified atom stereocenters. The van der Waals surface area contributed by atoms with Gasteiger partial charge in [0.15, 0.2) is 5.82 Å². The first kappa shape index (κ1) is 19.3. The number of piperidine rings is 1. The van der Waals surface area contributed by atoms with Gasteiger partial charge in [-0.2, -0.15) is 0 Å². The third kappa shape index (κ3) is 3.30. The molecule has 4 rings (SSSR count). The highest BCUT2D eigenvalue weighted by atomic mass is 16.6. The number of ether oxygens (including phenoxy) is 2. The molecule has 0 aromatic carbocycles. The summed E-state index contributed by atoms with van der Waals surface area (Å²) in [6.45, 7) is 10.5. The van der Waals surface area contributed by atoms with E-state index in [4.69, 9.17) is 9.47 Å². The summed E-state index contributed by atoms with van der Waals surface area (Å²) in [4.78, 5) is 21.7. The molecule has 1 aromatic rings. The first-order valence-electron chi connectivity index (χ1n) is 10.4. The summed E-state index contributed by atoms with van der Waals surface area (Å²) in [6.07, 6.45) is 5.51. The minimum Gasteiger partial charge on any atom is -0.444 e. The number of hydrogen-bond acceptors (Lipinski definition) is 6. The first-order chi connectivity index (χ1) is 13.2. The Bertz CT molecular complexity index is 735. The molecule has 28 heavy (non-hydrogen) atoms. The maximum absolute atomic E-state index is 12.8. The quantitative estimate of drug-likeness (QED) is 0.846. The minimum absolute atomic E-state index is 0.177. The van der Waals surface area contributed by atoms with E-state index in [0.29, 0.717) is 6.61 Å². The summed E-state index contributed by atoms with van der Waals surface area (Å²) < 4.78 is 11.8. The molecule has 1 amide bonds. The van der Waals surface area contributed by atoms with Gasteiger partial charge in [-0.3, -0.25) is 0 Å². The minimum atomic E-state index is -0.621. The number of carbonyl (C=O) groups is 1. The lowest BCUT2D eigenvalue weighted by atomic mass is 9.95. The predicted molar refractivity (Wildman–Crippen MR) is 108 cm³/mol. The molecule has 2 fully saturated rings. The van der Waals surface area contributed by atoms with Crippen LogP contribution < -0.4 is 10.2 Å². The van der Waals surface area contributed by atoms with Crippen LogP contribution in [-0.4, -0.2) is 52.2 Å². The van der Waals surface area contributed by atoms with Gasteiger partial charge in [-0.1, -0.05) is 0 Å². The average molecular weight is 389 g/mol. The van der Waals surface area contributed by atoms with Crippen LogP contribution in [0, 0.1) is 0 Å². The zero-order chi connectivity index (χ0) is 20.1. The average Bonchev–Trinajstić information content (AvgIpc) is 3.04. The predicted octanol–water partition coefficient (Wildman–Crippen LogP) is 3.95. The maximum Gasteiger partial charge on any atom is 0.410 e. The first-order valence-corrected chi connectivity index (χ1v) is 10.4. The van der Waals surface area contributed by atoms with Gasteiger partial charge < -0.3 is 24.6 Å². The second kappa shape index (κ2) is 6.79. The molecule has 7 heteroatoms. The van der Waals surface area contributed by atoms with Crippen LogP contribution in [0.25, 0.3) is 0 Å². The Balaban J connectivity index is 1.57. The SMILES string of the molecule is CCOC1(C)Nc2cccnc2N1[C@H]1C[C@H]2CC[C@@H](C1)N2C(=O)OC(C)(C)C. The monoisotopic (exact) mass is 388 g/mol. The lowest BCUT2D eigenvalue weighted by molar-refractivity contribution is -0.0190. The Morgan fingerprint density at radius 1 is 1.29 bits per heavy atom. The Labute approximate surface area is 167 Å². The molecule has 0 aliphatic carbocycles. The van der Waals surface area contributed by atoms with Crippen molar-refractivity contribution in [1.29, 1.82) is 0 Å². The fourth-order valence-electron chi connectivity index (χ4n) is 5.08. The molecule has 154 valence electrons. The van der Waals surface area contributed by atoms with Gasteiger partial charge >= 0.3 is 6.09 Å². The number of aromatic nitrogens is 1. The Kier molecular flexibility index (Phi) is 4.68. The van der Waals surface area contributed by atoms with Gasteiger partial charge in [-0.25, -0.2) is 9.78 Å². The Hall–Kier alpha value is -2.02. The second-order valence-electron chi connectivity index (χ2n) is 9.18. The van der Waals surface area contributed by atoms with Gasteiger partial charge in [0.05, 0.1) is 5.69 Å². The van der Waals surface area contributed by atoms with Crippen molar-refractivity contribution in [1.82, 2.24) is 9.88 Å². The van der Waals surface area contributed by atoms with Crippen molar-refractivity contribution in [3.8, 4) is 0 Å². The highest BCUT2D eigenvalue weighted by Gasteiger charge is 2.52. The molecule has 2 bridgehead atoms. The van der Waals surface area contributed by atoms with Crippen LogP contribution in [0.5, 0.6) is 0 Å². The maximum atomic E-state index is 12.8. The fraction of sp³-hybridized carbons (Fsp3) is 0.714. The molecule has 4 heterocycles.